The van der Waals surface area contributed by atoms with E-state index in [9.17, 15) is 18.1 Å². The fraction of sp³-hybridized carbons (Fsp3) is 0. The molecule has 4 rings (SSSR count). The number of rotatable bonds is 5. The Hall–Kier alpha value is -3.95. The van der Waals surface area contributed by atoms with Crippen LogP contribution in [0.25, 0.3) is 10.8 Å². The summed E-state index contributed by atoms with van der Waals surface area (Å²) in [6.45, 7) is 0. The molecule has 4 aromatic rings. The Kier molecular flexibility index (Phi) is 5.52. The minimum absolute atomic E-state index is 0.107. The lowest BCUT2D eigenvalue weighted by molar-refractivity contribution is 0.477. The Labute approximate surface area is 178 Å². The fourth-order valence-electron chi connectivity index (χ4n) is 2.85. The lowest BCUT2D eigenvalue weighted by Crippen LogP contribution is -1.97. The Morgan fingerprint density at radius 2 is 1.23 bits per heavy atom. The minimum atomic E-state index is -4.33. The van der Waals surface area contributed by atoms with Crippen molar-refractivity contribution in [3.63, 3.8) is 0 Å². The molecule has 0 saturated heterocycles. The first kappa shape index (κ1) is 20.3. The molecule has 9 heteroatoms. The SMILES string of the molecule is O=S(=O)(O)c1ccc2c(N=Nc3ccc(N=Nc4ccccc4)cc3)c(O)ccc2c1. The van der Waals surface area contributed by atoms with E-state index >= 15 is 0 Å². The van der Waals surface area contributed by atoms with Crippen LogP contribution >= 0.6 is 0 Å². The van der Waals surface area contributed by atoms with Gasteiger partial charge in [0.15, 0.2) is 0 Å². The summed E-state index contributed by atoms with van der Waals surface area (Å²) in [7, 11) is -4.33. The first-order chi connectivity index (χ1) is 14.9. The van der Waals surface area contributed by atoms with Gasteiger partial charge in [0.25, 0.3) is 10.1 Å². The van der Waals surface area contributed by atoms with Crippen LogP contribution in [0.5, 0.6) is 5.75 Å². The van der Waals surface area contributed by atoms with E-state index in [1.165, 1.54) is 30.3 Å². The van der Waals surface area contributed by atoms with Crippen LogP contribution in [0.3, 0.4) is 0 Å². The molecule has 0 atom stereocenters. The Morgan fingerprint density at radius 3 is 1.84 bits per heavy atom. The van der Waals surface area contributed by atoms with Crippen molar-refractivity contribution < 1.29 is 18.1 Å². The molecule has 0 spiro atoms. The zero-order valence-corrected chi connectivity index (χ0v) is 16.8. The zero-order chi connectivity index (χ0) is 21.8. The molecule has 0 aliphatic carbocycles. The highest BCUT2D eigenvalue weighted by Crippen LogP contribution is 2.37. The third-order valence-corrected chi connectivity index (χ3v) is 5.24. The quantitative estimate of drug-likeness (QED) is 0.271. The molecular weight excluding hydrogens is 416 g/mol. The topological polar surface area (TPSA) is 124 Å². The molecule has 0 saturated carbocycles. The van der Waals surface area contributed by atoms with E-state index in [1.807, 2.05) is 30.3 Å². The zero-order valence-electron chi connectivity index (χ0n) is 16.0. The second-order valence-electron chi connectivity index (χ2n) is 6.54. The maximum atomic E-state index is 11.3. The maximum absolute atomic E-state index is 11.3. The summed E-state index contributed by atoms with van der Waals surface area (Å²) in [5.74, 6) is -0.107. The number of benzene rings is 4. The van der Waals surface area contributed by atoms with Crippen LogP contribution in [0.4, 0.5) is 22.7 Å². The van der Waals surface area contributed by atoms with Gasteiger partial charge in [0.2, 0.25) is 0 Å². The van der Waals surface area contributed by atoms with Crippen molar-refractivity contribution in [2.75, 3.05) is 0 Å². The third kappa shape index (κ3) is 4.80. The van der Waals surface area contributed by atoms with Crippen LogP contribution in [-0.2, 0) is 10.1 Å². The minimum Gasteiger partial charge on any atom is -0.506 e. The molecule has 154 valence electrons. The summed E-state index contributed by atoms with van der Waals surface area (Å²) in [5, 5.41) is 27.7. The highest BCUT2D eigenvalue weighted by atomic mass is 32.2. The molecule has 0 radical (unpaired) electrons. The maximum Gasteiger partial charge on any atom is 0.294 e. The second-order valence-corrected chi connectivity index (χ2v) is 7.96. The van der Waals surface area contributed by atoms with E-state index in [0.717, 1.165) is 5.69 Å². The van der Waals surface area contributed by atoms with Crippen molar-refractivity contribution in [2.24, 2.45) is 20.5 Å². The Bertz CT molecular complexity index is 1400. The highest BCUT2D eigenvalue weighted by Gasteiger charge is 2.13. The summed E-state index contributed by atoms with van der Waals surface area (Å²) >= 11 is 0. The molecule has 0 fully saturated rings. The standard InChI is InChI=1S/C22H16N4O4S/c27-21-13-6-15-14-19(31(28,29)30)11-12-20(15)22(21)26-25-18-9-7-17(8-10-18)24-23-16-4-2-1-3-5-16/h1-14,27H,(H,28,29,30). The largest absolute Gasteiger partial charge is 0.506 e. The molecule has 0 aromatic heterocycles. The normalized spacial score (nSPS) is 12.2. The van der Waals surface area contributed by atoms with Crippen molar-refractivity contribution in [1.82, 2.24) is 0 Å². The first-order valence-corrected chi connectivity index (χ1v) is 10.6. The predicted molar refractivity (Wildman–Crippen MR) is 117 cm³/mol. The molecule has 0 amide bonds. The molecule has 31 heavy (non-hydrogen) atoms. The number of phenols is 1. The van der Waals surface area contributed by atoms with Gasteiger partial charge in [-0.1, -0.05) is 30.3 Å². The number of hydrogen-bond acceptors (Lipinski definition) is 7. The van der Waals surface area contributed by atoms with Crippen LogP contribution in [0.15, 0.2) is 110 Å². The van der Waals surface area contributed by atoms with Crippen molar-refractivity contribution >= 4 is 43.6 Å². The number of phenolic OH excluding ortho intramolecular Hbond substituents is 1. The van der Waals surface area contributed by atoms with Crippen molar-refractivity contribution in [3.8, 4) is 5.75 Å². The number of fused-ring (bicyclic) bond motifs is 1. The van der Waals surface area contributed by atoms with E-state index in [1.54, 1.807) is 24.3 Å². The number of aromatic hydroxyl groups is 1. The summed E-state index contributed by atoms with van der Waals surface area (Å²) in [6, 6.07) is 23.2. The van der Waals surface area contributed by atoms with E-state index in [0.29, 0.717) is 22.1 Å². The second kappa shape index (κ2) is 8.42. The summed E-state index contributed by atoms with van der Waals surface area (Å²) in [5.41, 5.74) is 2.11. The molecule has 2 N–H and O–H groups in total. The lowest BCUT2D eigenvalue weighted by Gasteiger charge is -2.05. The summed E-state index contributed by atoms with van der Waals surface area (Å²) in [4.78, 5) is -0.242. The average molecular weight is 432 g/mol. The van der Waals surface area contributed by atoms with Crippen LogP contribution in [0.2, 0.25) is 0 Å². The monoisotopic (exact) mass is 432 g/mol. The number of nitrogens with zero attached hydrogens (tertiary/aromatic N) is 4. The fourth-order valence-corrected chi connectivity index (χ4v) is 3.37. The molecule has 0 aliphatic heterocycles. The van der Waals surface area contributed by atoms with E-state index in [-0.39, 0.29) is 16.3 Å². The molecule has 8 nitrogen and oxygen atoms in total. The van der Waals surface area contributed by atoms with Gasteiger partial charge >= 0.3 is 0 Å². The third-order valence-electron chi connectivity index (χ3n) is 4.39. The predicted octanol–water partition coefficient (Wildman–Crippen LogP) is 6.62. The molecule has 0 unspecified atom stereocenters. The van der Waals surface area contributed by atoms with Gasteiger partial charge in [-0.2, -0.15) is 23.8 Å². The smallest absolute Gasteiger partial charge is 0.294 e. The van der Waals surface area contributed by atoms with Gasteiger partial charge in [-0.25, -0.2) is 0 Å². The highest BCUT2D eigenvalue weighted by molar-refractivity contribution is 7.85. The van der Waals surface area contributed by atoms with E-state index in [4.69, 9.17) is 0 Å². The van der Waals surface area contributed by atoms with Gasteiger partial charge in [-0.3, -0.25) is 4.55 Å². The average Bonchev–Trinajstić information content (AvgIpc) is 2.77. The van der Waals surface area contributed by atoms with E-state index in [2.05, 4.69) is 20.5 Å². The first-order valence-electron chi connectivity index (χ1n) is 9.12. The van der Waals surface area contributed by atoms with E-state index < -0.39 is 10.1 Å². The van der Waals surface area contributed by atoms with Crippen LogP contribution in [-0.4, -0.2) is 18.1 Å². The van der Waals surface area contributed by atoms with Crippen molar-refractivity contribution in [1.29, 1.82) is 0 Å². The van der Waals surface area contributed by atoms with Gasteiger partial charge < -0.3 is 5.11 Å². The van der Waals surface area contributed by atoms with Gasteiger partial charge in [-0.05, 0) is 60.0 Å². The summed E-state index contributed by atoms with van der Waals surface area (Å²) in [6.07, 6.45) is 0. The van der Waals surface area contributed by atoms with Gasteiger partial charge in [0, 0.05) is 5.39 Å². The molecular formula is C22H16N4O4S. The molecule has 0 bridgehead atoms. The molecule has 0 heterocycles. The molecule has 0 aliphatic rings. The lowest BCUT2D eigenvalue weighted by atomic mass is 10.1. The van der Waals surface area contributed by atoms with Crippen molar-refractivity contribution in [2.45, 2.75) is 4.90 Å². The van der Waals surface area contributed by atoms with Crippen LogP contribution in [0, 0.1) is 0 Å². The Balaban J connectivity index is 1.59. The summed E-state index contributed by atoms with van der Waals surface area (Å²) < 4.78 is 31.9. The number of hydrogen-bond donors (Lipinski definition) is 2. The van der Waals surface area contributed by atoms with Crippen molar-refractivity contribution in [3.05, 3.63) is 84.9 Å². The van der Waals surface area contributed by atoms with Gasteiger partial charge in [-0.15, -0.1) is 5.11 Å². The van der Waals surface area contributed by atoms with Crippen LogP contribution < -0.4 is 0 Å². The Morgan fingerprint density at radius 1 is 0.645 bits per heavy atom. The number of azo groups is 2. The molecule has 4 aromatic carbocycles. The van der Waals surface area contributed by atoms with Crippen LogP contribution in [0.1, 0.15) is 0 Å². The van der Waals surface area contributed by atoms with Gasteiger partial charge in [0.1, 0.15) is 11.4 Å². The van der Waals surface area contributed by atoms with Gasteiger partial charge in [0.05, 0.1) is 22.0 Å².